The van der Waals surface area contributed by atoms with Gasteiger partial charge in [0.15, 0.2) is 5.78 Å². The van der Waals surface area contributed by atoms with Crippen molar-refractivity contribution in [2.45, 2.75) is 207 Å². The molecule has 0 aliphatic heterocycles. The minimum Gasteiger partial charge on any atom is -0.463 e. The molecule has 1 N–H and O–H groups in total. The molecule has 0 aliphatic carbocycles. The normalized spacial score (nSPS) is 12.4. The third-order valence-corrected chi connectivity index (χ3v) is 8.84. The third kappa shape index (κ3) is 36.9. The zero-order valence-electron chi connectivity index (χ0n) is 31.7. The number of ether oxygens (including phenoxy) is 2. The van der Waals surface area contributed by atoms with Crippen LogP contribution in [0.2, 0.25) is 0 Å². The first-order valence-corrected chi connectivity index (χ1v) is 20.2. The Bertz CT molecular complexity index is 802. The zero-order chi connectivity index (χ0) is 35.3. The van der Waals surface area contributed by atoms with Crippen LogP contribution >= 0.6 is 0 Å². The third-order valence-electron chi connectivity index (χ3n) is 8.84. The standard InChI is InChI=1S/C42H76O6/c1-4-5-6-7-17-22-27-32-39(43)33-28-23-20-25-30-35-42(46)48-37-40(44)36-47-41(45)34-29-24-19-16-14-12-10-8-9-11-13-15-18-21-26-31-38(2)3/h17,22,27,32,38,40,44H,4-16,18-21,23-26,28-31,33-37H2,1-3H3/b22-17-,32-27+/t40-/m0/s1. The van der Waals surface area contributed by atoms with Crippen LogP contribution in [0.4, 0.5) is 0 Å². The summed E-state index contributed by atoms with van der Waals surface area (Å²) in [6, 6.07) is 0. The monoisotopic (exact) mass is 677 g/mol. The van der Waals surface area contributed by atoms with Gasteiger partial charge in [-0.25, -0.2) is 0 Å². The predicted octanol–water partition coefficient (Wildman–Crippen LogP) is 11.7. The molecule has 6 nitrogen and oxygen atoms in total. The van der Waals surface area contributed by atoms with Crippen molar-refractivity contribution in [1.29, 1.82) is 0 Å². The summed E-state index contributed by atoms with van der Waals surface area (Å²) in [7, 11) is 0. The minimum absolute atomic E-state index is 0.145. The Labute approximate surface area is 296 Å². The van der Waals surface area contributed by atoms with Gasteiger partial charge in [-0.1, -0.05) is 167 Å². The second kappa shape index (κ2) is 36.3. The van der Waals surface area contributed by atoms with E-state index in [1.807, 2.05) is 12.2 Å². The van der Waals surface area contributed by atoms with Crippen molar-refractivity contribution in [1.82, 2.24) is 0 Å². The van der Waals surface area contributed by atoms with Gasteiger partial charge >= 0.3 is 11.9 Å². The highest BCUT2D eigenvalue weighted by Gasteiger charge is 2.12. The number of carbonyl (C=O) groups is 3. The minimum atomic E-state index is -0.999. The molecule has 0 aromatic heterocycles. The van der Waals surface area contributed by atoms with Gasteiger partial charge in [-0.3, -0.25) is 14.4 Å². The molecule has 0 aromatic carbocycles. The molecule has 0 unspecified atom stereocenters. The van der Waals surface area contributed by atoms with Gasteiger partial charge in [0.25, 0.3) is 0 Å². The van der Waals surface area contributed by atoms with Crippen molar-refractivity contribution in [2.24, 2.45) is 5.92 Å². The second-order valence-corrected chi connectivity index (χ2v) is 14.3. The van der Waals surface area contributed by atoms with E-state index in [1.165, 1.54) is 103 Å². The molecule has 1 atom stereocenters. The number of aliphatic hydroxyl groups excluding tert-OH is 1. The number of hydrogen-bond acceptors (Lipinski definition) is 6. The second-order valence-electron chi connectivity index (χ2n) is 14.3. The van der Waals surface area contributed by atoms with Crippen molar-refractivity contribution in [3.63, 3.8) is 0 Å². The molecule has 6 heteroatoms. The summed E-state index contributed by atoms with van der Waals surface area (Å²) in [5.41, 5.74) is 0. The molecule has 0 fully saturated rings. The van der Waals surface area contributed by atoms with Gasteiger partial charge in [-0.2, -0.15) is 0 Å². The Morgan fingerprint density at radius 2 is 0.958 bits per heavy atom. The van der Waals surface area contributed by atoms with E-state index in [0.29, 0.717) is 19.3 Å². The molecule has 48 heavy (non-hydrogen) atoms. The van der Waals surface area contributed by atoms with Crippen LogP contribution in [0.3, 0.4) is 0 Å². The van der Waals surface area contributed by atoms with E-state index in [-0.39, 0.29) is 30.9 Å². The lowest BCUT2D eigenvalue weighted by atomic mass is 10.0. The van der Waals surface area contributed by atoms with Crippen LogP contribution in [-0.4, -0.2) is 42.1 Å². The van der Waals surface area contributed by atoms with Gasteiger partial charge < -0.3 is 14.6 Å². The van der Waals surface area contributed by atoms with Crippen molar-refractivity contribution < 1.29 is 29.0 Å². The lowest BCUT2D eigenvalue weighted by Gasteiger charge is -2.12. The van der Waals surface area contributed by atoms with Gasteiger partial charge in [0, 0.05) is 19.3 Å². The smallest absolute Gasteiger partial charge is 0.305 e. The van der Waals surface area contributed by atoms with Crippen molar-refractivity contribution in [2.75, 3.05) is 13.2 Å². The van der Waals surface area contributed by atoms with Crippen LogP contribution in [0.1, 0.15) is 201 Å². The number of hydrogen-bond donors (Lipinski definition) is 1. The van der Waals surface area contributed by atoms with Gasteiger partial charge in [0.05, 0.1) is 0 Å². The first kappa shape index (κ1) is 46.0. The van der Waals surface area contributed by atoms with Crippen molar-refractivity contribution >= 4 is 17.7 Å². The first-order valence-electron chi connectivity index (χ1n) is 20.2. The van der Waals surface area contributed by atoms with Crippen LogP contribution in [0.25, 0.3) is 0 Å². The summed E-state index contributed by atoms with van der Waals surface area (Å²) in [4.78, 5) is 35.8. The Hall–Kier alpha value is -1.95. The maximum Gasteiger partial charge on any atom is 0.305 e. The summed E-state index contributed by atoms with van der Waals surface area (Å²) in [5.74, 6) is 0.360. The molecule has 0 amide bonds. The summed E-state index contributed by atoms with van der Waals surface area (Å²) in [5, 5.41) is 10.0. The Morgan fingerprint density at radius 3 is 1.40 bits per heavy atom. The van der Waals surface area contributed by atoms with Crippen LogP contribution in [-0.2, 0) is 23.9 Å². The fraction of sp³-hybridized carbons (Fsp3) is 0.833. The highest BCUT2D eigenvalue weighted by Crippen LogP contribution is 2.15. The van der Waals surface area contributed by atoms with E-state index in [4.69, 9.17) is 9.47 Å². The number of rotatable bonds is 36. The van der Waals surface area contributed by atoms with E-state index < -0.39 is 6.10 Å². The maximum absolute atomic E-state index is 12.0. The van der Waals surface area contributed by atoms with Crippen molar-refractivity contribution in [3.05, 3.63) is 24.3 Å². The van der Waals surface area contributed by atoms with E-state index >= 15 is 0 Å². The summed E-state index contributed by atoms with van der Waals surface area (Å²) >= 11 is 0. The van der Waals surface area contributed by atoms with Crippen LogP contribution < -0.4 is 0 Å². The molecule has 0 saturated heterocycles. The Morgan fingerprint density at radius 1 is 0.542 bits per heavy atom. The molecule has 0 rings (SSSR count). The van der Waals surface area contributed by atoms with Gasteiger partial charge in [0.2, 0.25) is 0 Å². The van der Waals surface area contributed by atoms with E-state index in [9.17, 15) is 19.5 Å². The van der Waals surface area contributed by atoms with Crippen LogP contribution in [0.5, 0.6) is 0 Å². The average Bonchev–Trinajstić information content (AvgIpc) is 3.06. The number of carbonyl (C=O) groups excluding carboxylic acids is 3. The summed E-state index contributed by atoms with van der Waals surface area (Å²) in [6.45, 7) is 6.51. The molecule has 0 aliphatic rings. The molecule has 0 radical (unpaired) electrons. The first-order chi connectivity index (χ1) is 23.3. The van der Waals surface area contributed by atoms with Crippen LogP contribution in [0.15, 0.2) is 24.3 Å². The topological polar surface area (TPSA) is 89.9 Å². The summed E-state index contributed by atoms with van der Waals surface area (Å²) in [6.07, 6.45) is 37.7. The number of esters is 2. The maximum atomic E-state index is 12.0. The predicted molar refractivity (Wildman–Crippen MR) is 201 cm³/mol. The van der Waals surface area contributed by atoms with Crippen molar-refractivity contribution in [3.8, 4) is 0 Å². The number of aliphatic hydroxyl groups is 1. The highest BCUT2D eigenvalue weighted by atomic mass is 16.6. The lowest BCUT2D eigenvalue weighted by Crippen LogP contribution is -2.25. The van der Waals surface area contributed by atoms with Gasteiger partial charge in [-0.15, -0.1) is 0 Å². The number of allylic oxidation sites excluding steroid dienone is 4. The van der Waals surface area contributed by atoms with Crippen LogP contribution in [0, 0.1) is 5.92 Å². The van der Waals surface area contributed by atoms with E-state index in [2.05, 4.69) is 26.8 Å². The largest absolute Gasteiger partial charge is 0.463 e. The quantitative estimate of drug-likeness (QED) is 0.0307. The molecule has 0 bridgehead atoms. The fourth-order valence-corrected chi connectivity index (χ4v) is 5.72. The Balaban J connectivity index is 3.48. The molecular weight excluding hydrogens is 600 g/mol. The fourth-order valence-electron chi connectivity index (χ4n) is 5.72. The van der Waals surface area contributed by atoms with Gasteiger partial charge in [0.1, 0.15) is 19.3 Å². The molecule has 0 saturated carbocycles. The number of unbranched alkanes of at least 4 members (excludes halogenated alkanes) is 21. The molecular formula is C42H76O6. The zero-order valence-corrected chi connectivity index (χ0v) is 31.7. The molecule has 0 spiro atoms. The molecule has 0 heterocycles. The summed E-state index contributed by atoms with van der Waals surface area (Å²) < 4.78 is 10.3. The van der Waals surface area contributed by atoms with E-state index in [0.717, 1.165) is 63.7 Å². The Kier molecular flexibility index (Phi) is 34.9. The number of ketones is 1. The SMILES string of the molecule is CCCCC/C=C\C=C\C(=O)CCCCCCCC(=O)OC[C@@H](O)COC(=O)CCCCCCCCCCCCCCCCCC(C)C. The molecule has 0 aromatic rings. The lowest BCUT2D eigenvalue weighted by molar-refractivity contribution is -0.152. The van der Waals surface area contributed by atoms with E-state index in [1.54, 1.807) is 6.08 Å². The highest BCUT2D eigenvalue weighted by molar-refractivity contribution is 5.89. The average molecular weight is 677 g/mol. The van der Waals surface area contributed by atoms with Gasteiger partial charge in [-0.05, 0) is 44.1 Å². The molecule has 280 valence electrons.